The van der Waals surface area contributed by atoms with Crippen LogP contribution in [-0.4, -0.2) is 32.6 Å². The SMILES string of the molecule is CCOC(CCNCCc1cccc(F)c1)OCC. The predicted octanol–water partition coefficient (Wildman–Crippen LogP) is 2.75. The van der Waals surface area contributed by atoms with Gasteiger partial charge in [0.05, 0.1) is 0 Å². The van der Waals surface area contributed by atoms with Gasteiger partial charge >= 0.3 is 0 Å². The van der Waals surface area contributed by atoms with Gasteiger partial charge in [-0.3, -0.25) is 0 Å². The largest absolute Gasteiger partial charge is 0.353 e. The van der Waals surface area contributed by atoms with E-state index < -0.39 is 0 Å². The van der Waals surface area contributed by atoms with Crippen LogP contribution in [0, 0.1) is 5.82 Å². The van der Waals surface area contributed by atoms with Crippen LogP contribution >= 0.6 is 0 Å². The molecule has 4 heteroatoms. The fraction of sp³-hybridized carbons (Fsp3) is 0.600. The standard InChI is InChI=1S/C15H24FNO2/c1-3-18-15(19-4-2)9-11-17-10-8-13-6-5-7-14(16)12-13/h5-7,12,15,17H,3-4,8-11H2,1-2H3. The minimum atomic E-state index is -0.176. The number of halogens is 1. The molecule has 3 nitrogen and oxygen atoms in total. The first-order valence-corrected chi connectivity index (χ1v) is 6.94. The summed E-state index contributed by atoms with van der Waals surface area (Å²) in [6.07, 6.45) is 1.52. The Kier molecular flexibility index (Phi) is 8.38. The van der Waals surface area contributed by atoms with Gasteiger partial charge in [-0.1, -0.05) is 12.1 Å². The number of hydrogen-bond acceptors (Lipinski definition) is 3. The lowest BCUT2D eigenvalue weighted by Gasteiger charge is -2.16. The highest BCUT2D eigenvalue weighted by molar-refractivity contribution is 5.16. The average molecular weight is 269 g/mol. The van der Waals surface area contributed by atoms with Crippen molar-refractivity contribution in [2.45, 2.75) is 33.0 Å². The third-order valence-electron chi connectivity index (χ3n) is 2.74. The van der Waals surface area contributed by atoms with E-state index in [9.17, 15) is 4.39 Å². The molecule has 0 fully saturated rings. The molecule has 1 N–H and O–H groups in total. The molecule has 0 unspecified atom stereocenters. The Morgan fingerprint density at radius 2 is 1.89 bits per heavy atom. The van der Waals surface area contributed by atoms with E-state index in [1.807, 2.05) is 19.9 Å². The van der Waals surface area contributed by atoms with Gasteiger partial charge in [-0.15, -0.1) is 0 Å². The molecule has 0 amide bonds. The number of nitrogens with one attached hydrogen (secondary N) is 1. The molecule has 0 saturated carbocycles. The molecule has 0 atom stereocenters. The van der Waals surface area contributed by atoms with Gasteiger partial charge in [0.1, 0.15) is 5.82 Å². The first-order chi connectivity index (χ1) is 9.26. The van der Waals surface area contributed by atoms with Crippen molar-refractivity contribution in [2.75, 3.05) is 26.3 Å². The van der Waals surface area contributed by atoms with Crippen LogP contribution in [0.1, 0.15) is 25.8 Å². The van der Waals surface area contributed by atoms with E-state index in [-0.39, 0.29) is 12.1 Å². The third kappa shape index (κ3) is 7.25. The molecule has 0 spiro atoms. The van der Waals surface area contributed by atoms with Gasteiger partial charge in [0.25, 0.3) is 0 Å². The van der Waals surface area contributed by atoms with Crippen molar-refractivity contribution >= 4 is 0 Å². The fourth-order valence-electron chi connectivity index (χ4n) is 1.86. The number of benzene rings is 1. The molecule has 108 valence electrons. The van der Waals surface area contributed by atoms with Crippen LogP contribution in [-0.2, 0) is 15.9 Å². The Labute approximate surface area is 115 Å². The lowest BCUT2D eigenvalue weighted by Crippen LogP contribution is -2.26. The highest BCUT2D eigenvalue weighted by Crippen LogP contribution is 2.04. The van der Waals surface area contributed by atoms with Crippen LogP contribution in [0.25, 0.3) is 0 Å². The van der Waals surface area contributed by atoms with E-state index >= 15 is 0 Å². The molecular weight excluding hydrogens is 245 g/mol. The van der Waals surface area contributed by atoms with Gasteiger partial charge in [0.15, 0.2) is 6.29 Å². The van der Waals surface area contributed by atoms with E-state index in [1.54, 1.807) is 12.1 Å². The summed E-state index contributed by atoms with van der Waals surface area (Å²) in [5, 5.41) is 3.32. The number of rotatable bonds is 10. The van der Waals surface area contributed by atoms with Gasteiger partial charge in [-0.05, 0) is 51.1 Å². The first kappa shape index (κ1) is 16.1. The van der Waals surface area contributed by atoms with Gasteiger partial charge < -0.3 is 14.8 Å². The Bertz CT molecular complexity index is 341. The van der Waals surface area contributed by atoms with Crippen LogP contribution in [0.15, 0.2) is 24.3 Å². The monoisotopic (exact) mass is 269 g/mol. The summed E-state index contributed by atoms with van der Waals surface area (Å²) in [7, 11) is 0. The summed E-state index contributed by atoms with van der Waals surface area (Å²) in [4.78, 5) is 0. The summed E-state index contributed by atoms with van der Waals surface area (Å²) in [5.41, 5.74) is 1.01. The molecule has 0 aromatic heterocycles. The van der Waals surface area contributed by atoms with Crippen molar-refractivity contribution in [3.8, 4) is 0 Å². The molecular formula is C15H24FNO2. The Morgan fingerprint density at radius 1 is 1.16 bits per heavy atom. The summed E-state index contributed by atoms with van der Waals surface area (Å²) in [6, 6.07) is 6.72. The fourth-order valence-corrected chi connectivity index (χ4v) is 1.86. The molecule has 0 radical (unpaired) electrons. The summed E-state index contributed by atoms with van der Waals surface area (Å²) in [5.74, 6) is -0.176. The zero-order valence-corrected chi connectivity index (χ0v) is 11.8. The minimum Gasteiger partial charge on any atom is -0.353 e. The Morgan fingerprint density at radius 3 is 2.53 bits per heavy atom. The molecule has 0 aliphatic heterocycles. The number of ether oxygens (including phenoxy) is 2. The van der Waals surface area contributed by atoms with Crippen molar-refractivity contribution in [1.82, 2.24) is 5.32 Å². The van der Waals surface area contributed by atoms with E-state index in [2.05, 4.69) is 5.32 Å². The Hall–Kier alpha value is -0.970. The van der Waals surface area contributed by atoms with Gasteiger partial charge in [0.2, 0.25) is 0 Å². The summed E-state index contributed by atoms with van der Waals surface area (Å²) in [6.45, 7) is 6.91. The molecule has 1 aromatic rings. The number of hydrogen-bond donors (Lipinski definition) is 1. The second kappa shape index (κ2) is 9.89. The van der Waals surface area contributed by atoms with Crippen LogP contribution < -0.4 is 5.32 Å². The highest BCUT2D eigenvalue weighted by Gasteiger charge is 2.06. The molecule has 1 aromatic carbocycles. The summed E-state index contributed by atoms with van der Waals surface area (Å²) < 4.78 is 23.9. The maximum atomic E-state index is 13.0. The summed E-state index contributed by atoms with van der Waals surface area (Å²) >= 11 is 0. The van der Waals surface area contributed by atoms with Crippen molar-refractivity contribution in [3.63, 3.8) is 0 Å². The zero-order chi connectivity index (χ0) is 13.9. The minimum absolute atomic E-state index is 0.128. The maximum Gasteiger partial charge on any atom is 0.158 e. The van der Waals surface area contributed by atoms with Crippen molar-refractivity contribution in [2.24, 2.45) is 0 Å². The van der Waals surface area contributed by atoms with Crippen LogP contribution in [0.3, 0.4) is 0 Å². The van der Waals surface area contributed by atoms with Crippen molar-refractivity contribution in [1.29, 1.82) is 0 Å². The average Bonchev–Trinajstić information content (AvgIpc) is 2.39. The van der Waals surface area contributed by atoms with Crippen molar-refractivity contribution in [3.05, 3.63) is 35.6 Å². The van der Waals surface area contributed by atoms with E-state index in [1.165, 1.54) is 6.07 Å². The van der Waals surface area contributed by atoms with Gasteiger partial charge in [-0.2, -0.15) is 0 Å². The van der Waals surface area contributed by atoms with Crippen LogP contribution in [0.5, 0.6) is 0 Å². The highest BCUT2D eigenvalue weighted by atomic mass is 19.1. The molecule has 19 heavy (non-hydrogen) atoms. The van der Waals surface area contributed by atoms with E-state index in [0.29, 0.717) is 13.2 Å². The van der Waals surface area contributed by atoms with Crippen molar-refractivity contribution < 1.29 is 13.9 Å². The second-order valence-corrected chi connectivity index (χ2v) is 4.26. The molecule has 1 rings (SSSR count). The van der Waals surface area contributed by atoms with Crippen LogP contribution in [0.2, 0.25) is 0 Å². The zero-order valence-electron chi connectivity index (χ0n) is 11.8. The molecule has 0 aliphatic rings. The molecule has 0 bridgehead atoms. The predicted molar refractivity (Wildman–Crippen MR) is 74.6 cm³/mol. The molecule has 0 heterocycles. The lowest BCUT2D eigenvalue weighted by atomic mass is 10.1. The van der Waals surface area contributed by atoms with E-state index in [0.717, 1.165) is 31.5 Å². The topological polar surface area (TPSA) is 30.5 Å². The third-order valence-corrected chi connectivity index (χ3v) is 2.74. The van der Waals surface area contributed by atoms with Crippen LogP contribution in [0.4, 0.5) is 4.39 Å². The van der Waals surface area contributed by atoms with Gasteiger partial charge in [0, 0.05) is 19.6 Å². The molecule has 0 aliphatic carbocycles. The normalized spacial score (nSPS) is 11.2. The van der Waals surface area contributed by atoms with Gasteiger partial charge in [-0.25, -0.2) is 4.39 Å². The molecule has 0 saturated heterocycles. The maximum absolute atomic E-state index is 13.0. The lowest BCUT2D eigenvalue weighted by molar-refractivity contribution is -0.138. The smallest absolute Gasteiger partial charge is 0.158 e. The Balaban J connectivity index is 2.13. The van der Waals surface area contributed by atoms with E-state index in [4.69, 9.17) is 9.47 Å². The quantitative estimate of drug-likeness (QED) is 0.523. The first-order valence-electron chi connectivity index (χ1n) is 6.94. The second-order valence-electron chi connectivity index (χ2n) is 4.26.